The third-order valence-corrected chi connectivity index (χ3v) is 6.49. The molecule has 1 aliphatic rings. The number of nitrogens with zero attached hydrogens (tertiary/aromatic N) is 2. The molecule has 0 aliphatic carbocycles. The first-order valence-electron chi connectivity index (χ1n) is 9.33. The molecule has 0 saturated carbocycles. The van der Waals surface area contributed by atoms with E-state index in [2.05, 4.69) is 30.8 Å². The second-order valence-electron chi connectivity index (χ2n) is 7.72. The Labute approximate surface area is 166 Å². The first-order chi connectivity index (χ1) is 13.0. The highest BCUT2D eigenvalue weighted by molar-refractivity contribution is 7.89. The number of hydrogen-bond donors (Lipinski definition) is 1. The number of benzene rings is 1. The lowest BCUT2D eigenvalue weighted by molar-refractivity contribution is -0.121. The fraction of sp³-hybridized carbons (Fsp3) is 0.579. The summed E-state index contributed by atoms with van der Waals surface area (Å²) in [5.41, 5.74) is 1.03. The molecule has 1 N–H and O–H groups in total. The van der Waals surface area contributed by atoms with Crippen molar-refractivity contribution in [1.82, 2.24) is 14.5 Å². The Morgan fingerprint density at radius 3 is 2.14 bits per heavy atom. The number of rotatable bonds is 5. The minimum Gasteiger partial charge on any atom is -0.450 e. The summed E-state index contributed by atoms with van der Waals surface area (Å²) in [6, 6.07) is 7.00. The molecule has 0 radical (unpaired) electrons. The summed E-state index contributed by atoms with van der Waals surface area (Å²) in [7, 11) is -3.57. The SMILES string of the molecule is CCOC(=O)NC(=O)CN1CCN(S(=O)(=O)c2ccc(C(C)(C)C)cc2)CC1. The maximum absolute atomic E-state index is 12.9. The summed E-state index contributed by atoms with van der Waals surface area (Å²) in [4.78, 5) is 25.2. The number of carbonyl (C=O) groups excluding carboxylic acids is 2. The zero-order valence-electron chi connectivity index (χ0n) is 16.9. The second kappa shape index (κ2) is 9.02. The van der Waals surface area contributed by atoms with Gasteiger partial charge in [-0.25, -0.2) is 13.2 Å². The second-order valence-corrected chi connectivity index (χ2v) is 9.66. The van der Waals surface area contributed by atoms with Crippen molar-refractivity contribution in [2.75, 3.05) is 39.3 Å². The van der Waals surface area contributed by atoms with Gasteiger partial charge in [-0.3, -0.25) is 15.0 Å². The van der Waals surface area contributed by atoms with Gasteiger partial charge < -0.3 is 4.74 Å². The van der Waals surface area contributed by atoms with Crippen molar-refractivity contribution in [2.45, 2.75) is 38.0 Å². The van der Waals surface area contributed by atoms with Crippen LogP contribution in [0.25, 0.3) is 0 Å². The number of imide groups is 1. The Balaban J connectivity index is 1.93. The Bertz CT molecular complexity index is 792. The molecule has 0 aromatic heterocycles. The lowest BCUT2D eigenvalue weighted by atomic mass is 9.87. The number of hydrogen-bond acceptors (Lipinski definition) is 6. The van der Waals surface area contributed by atoms with E-state index in [1.54, 1.807) is 19.1 Å². The van der Waals surface area contributed by atoms with E-state index < -0.39 is 22.0 Å². The Hall–Kier alpha value is -1.97. The van der Waals surface area contributed by atoms with Crippen LogP contribution in [0, 0.1) is 0 Å². The van der Waals surface area contributed by atoms with Crippen LogP contribution in [0.3, 0.4) is 0 Å². The van der Waals surface area contributed by atoms with Crippen molar-refractivity contribution >= 4 is 22.0 Å². The van der Waals surface area contributed by atoms with Crippen LogP contribution < -0.4 is 5.32 Å². The molecule has 1 heterocycles. The number of amides is 2. The van der Waals surface area contributed by atoms with E-state index in [0.717, 1.165) is 5.56 Å². The molecule has 1 aromatic rings. The number of nitrogens with one attached hydrogen (secondary N) is 1. The molecule has 8 nitrogen and oxygen atoms in total. The third kappa shape index (κ3) is 5.76. The highest BCUT2D eigenvalue weighted by Gasteiger charge is 2.29. The molecule has 0 bridgehead atoms. The molecule has 1 aliphatic heterocycles. The Kier molecular flexibility index (Phi) is 7.19. The summed E-state index contributed by atoms with van der Waals surface area (Å²) in [5.74, 6) is -0.465. The predicted molar refractivity (Wildman–Crippen MR) is 106 cm³/mol. The summed E-state index contributed by atoms with van der Waals surface area (Å²) in [6.07, 6.45) is -0.771. The summed E-state index contributed by atoms with van der Waals surface area (Å²) in [6.45, 7) is 9.49. The lowest BCUT2D eigenvalue weighted by Crippen LogP contribution is -2.51. The number of alkyl carbamates (subject to hydrolysis) is 1. The molecule has 2 rings (SSSR count). The zero-order valence-corrected chi connectivity index (χ0v) is 17.7. The maximum atomic E-state index is 12.9. The van der Waals surface area contributed by atoms with Gasteiger partial charge in [0.15, 0.2) is 0 Å². The quantitative estimate of drug-likeness (QED) is 0.790. The van der Waals surface area contributed by atoms with Gasteiger partial charge in [0.25, 0.3) is 0 Å². The maximum Gasteiger partial charge on any atom is 0.413 e. The molecular weight excluding hydrogens is 382 g/mol. The van der Waals surface area contributed by atoms with Crippen LogP contribution >= 0.6 is 0 Å². The van der Waals surface area contributed by atoms with E-state index in [4.69, 9.17) is 0 Å². The van der Waals surface area contributed by atoms with Crippen LogP contribution in [-0.4, -0.2) is 69.0 Å². The molecule has 0 atom stereocenters. The zero-order chi connectivity index (χ0) is 20.9. The predicted octanol–water partition coefficient (Wildman–Crippen LogP) is 1.56. The van der Waals surface area contributed by atoms with Gasteiger partial charge in [0.2, 0.25) is 15.9 Å². The average molecular weight is 412 g/mol. The number of ether oxygens (including phenoxy) is 1. The first-order valence-corrected chi connectivity index (χ1v) is 10.8. The monoisotopic (exact) mass is 411 g/mol. The summed E-state index contributed by atoms with van der Waals surface area (Å²) < 4.78 is 31.8. The van der Waals surface area contributed by atoms with E-state index in [9.17, 15) is 18.0 Å². The molecule has 1 saturated heterocycles. The van der Waals surface area contributed by atoms with Crippen molar-refractivity contribution in [1.29, 1.82) is 0 Å². The van der Waals surface area contributed by atoms with E-state index in [-0.39, 0.29) is 36.6 Å². The smallest absolute Gasteiger partial charge is 0.413 e. The van der Waals surface area contributed by atoms with Gasteiger partial charge in [-0.2, -0.15) is 4.31 Å². The number of piperazine rings is 1. The fourth-order valence-electron chi connectivity index (χ4n) is 2.93. The first kappa shape index (κ1) is 22.3. The van der Waals surface area contributed by atoms with E-state index in [1.807, 2.05) is 17.0 Å². The number of carbonyl (C=O) groups is 2. The van der Waals surface area contributed by atoms with Crippen LogP contribution in [0.2, 0.25) is 0 Å². The van der Waals surface area contributed by atoms with Gasteiger partial charge >= 0.3 is 6.09 Å². The Morgan fingerprint density at radius 2 is 1.64 bits per heavy atom. The topological polar surface area (TPSA) is 96.0 Å². The van der Waals surface area contributed by atoms with Crippen molar-refractivity contribution < 1.29 is 22.7 Å². The minimum absolute atomic E-state index is 0.0208. The van der Waals surface area contributed by atoms with Gasteiger partial charge in [-0.15, -0.1) is 0 Å². The van der Waals surface area contributed by atoms with Crippen LogP contribution in [0.15, 0.2) is 29.2 Å². The highest BCUT2D eigenvalue weighted by Crippen LogP contribution is 2.25. The average Bonchev–Trinajstić information content (AvgIpc) is 2.61. The molecule has 156 valence electrons. The van der Waals surface area contributed by atoms with Crippen LogP contribution in [0.5, 0.6) is 0 Å². The molecular formula is C19H29N3O5S. The van der Waals surface area contributed by atoms with Gasteiger partial charge in [0.05, 0.1) is 18.0 Å². The Morgan fingerprint density at radius 1 is 1.07 bits per heavy atom. The van der Waals surface area contributed by atoms with E-state index in [0.29, 0.717) is 13.1 Å². The molecule has 1 aromatic carbocycles. The van der Waals surface area contributed by atoms with Gasteiger partial charge in [0.1, 0.15) is 0 Å². The van der Waals surface area contributed by atoms with Crippen LogP contribution in [0.1, 0.15) is 33.3 Å². The lowest BCUT2D eigenvalue weighted by Gasteiger charge is -2.33. The highest BCUT2D eigenvalue weighted by atomic mass is 32.2. The van der Waals surface area contributed by atoms with E-state index >= 15 is 0 Å². The van der Waals surface area contributed by atoms with E-state index in [1.165, 1.54) is 4.31 Å². The normalized spacial score (nSPS) is 16.6. The fourth-order valence-corrected chi connectivity index (χ4v) is 4.35. The van der Waals surface area contributed by atoms with Crippen LogP contribution in [0.4, 0.5) is 4.79 Å². The van der Waals surface area contributed by atoms with Gasteiger partial charge in [0, 0.05) is 26.2 Å². The molecule has 28 heavy (non-hydrogen) atoms. The van der Waals surface area contributed by atoms with Crippen molar-refractivity contribution in [3.63, 3.8) is 0 Å². The molecule has 2 amide bonds. The summed E-state index contributed by atoms with van der Waals surface area (Å²) in [5, 5.41) is 2.14. The third-order valence-electron chi connectivity index (χ3n) is 4.57. The molecule has 0 spiro atoms. The minimum atomic E-state index is -3.57. The summed E-state index contributed by atoms with van der Waals surface area (Å²) >= 11 is 0. The van der Waals surface area contributed by atoms with Crippen molar-refractivity contribution in [2.24, 2.45) is 0 Å². The molecule has 9 heteroatoms. The van der Waals surface area contributed by atoms with Gasteiger partial charge in [-0.05, 0) is 30.0 Å². The van der Waals surface area contributed by atoms with Crippen molar-refractivity contribution in [3.05, 3.63) is 29.8 Å². The van der Waals surface area contributed by atoms with Crippen LogP contribution in [-0.2, 0) is 25.0 Å². The standard InChI is InChI=1S/C19H29N3O5S/c1-5-27-18(24)20-17(23)14-21-10-12-22(13-11-21)28(25,26)16-8-6-15(7-9-16)19(2,3)4/h6-9H,5,10-14H2,1-4H3,(H,20,23,24). The number of sulfonamides is 1. The molecule has 0 unspecified atom stereocenters. The largest absolute Gasteiger partial charge is 0.450 e. The molecule has 1 fully saturated rings. The van der Waals surface area contributed by atoms with Crippen molar-refractivity contribution in [3.8, 4) is 0 Å². The van der Waals surface area contributed by atoms with Gasteiger partial charge in [-0.1, -0.05) is 32.9 Å².